The maximum absolute atomic E-state index is 12.6. The molecule has 19 heavy (non-hydrogen) atoms. The second kappa shape index (κ2) is 5.68. The van der Waals surface area contributed by atoms with Crippen LogP contribution >= 0.6 is 11.6 Å². The smallest absolute Gasteiger partial charge is 0.433 e. The maximum atomic E-state index is 12.6. The van der Waals surface area contributed by atoms with Crippen LogP contribution in [0.15, 0.2) is 6.07 Å². The Morgan fingerprint density at radius 2 is 2.05 bits per heavy atom. The van der Waals surface area contributed by atoms with Crippen LogP contribution in [0.2, 0.25) is 5.02 Å². The quantitative estimate of drug-likeness (QED) is 0.628. The van der Waals surface area contributed by atoms with Gasteiger partial charge in [0.15, 0.2) is 11.4 Å². The Balaban J connectivity index is 3.44. The minimum Gasteiger partial charge on any atom is -0.461 e. The van der Waals surface area contributed by atoms with Gasteiger partial charge < -0.3 is 4.74 Å². The van der Waals surface area contributed by atoms with Crippen LogP contribution in [0.4, 0.5) is 22.0 Å². The van der Waals surface area contributed by atoms with E-state index in [0.717, 1.165) is 0 Å². The van der Waals surface area contributed by atoms with E-state index < -0.39 is 40.5 Å². The van der Waals surface area contributed by atoms with Gasteiger partial charge in [0, 0.05) is 0 Å². The van der Waals surface area contributed by atoms with Crippen molar-refractivity contribution in [2.75, 3.05) is 6.61 Å². The Labute approximate surface area is 109 Å². The molecule has 0 spiro atoms. The van der Waals surface area contributed by atoms with Gasteiger partial charge in [-0.15, -0.1) is 0 Å². The lowest BCUT2D eigenvalue weighted by atomic mass is 10.1. The Hall–Kier alpha value is -1.44. The molecular formula is C10H7ClF5NO2. The van der Waals surface area contributed by atoms with Crippen LogP contribution in [0.25, 0.3) is 0 Å². The highest BCUT2D eigenvalue weighted by Crippen LogP contribution is 2.39. The Kier molecular flexibility index (Phi) is 4.67. The summed E-state index contributed by atoms with van der Waals surface area (Å²) in [6.45, 7) is 1.33. The van der Waals surface area contributed by atoms with Gasteiger partial charge >= 0.3 is 12.1 Å². The normalized spacial score (nSPS) is 11.8. The number of hydrogen-bond donors (Lipinski definition) is 0. The number of ether oxygens (including phenoxy) is 1. The van der Waals surface area contributed by atoms with Crippen LogP contribution in [0.5, 0.6) is 0 Å². The van der Waals surface area contributed by atoms with Gasteiger partial charge in [0.05, 0.1) is 17.2 Å². The molecule has 0 saturated heterocycles. The van der Waals surface area contributed by atoms with Crippen molar-refractivity contribution < 1.29 is 31.5 Å². The van der Waals surface area contributed by atoms with E-state index >= 15 is 0 Å². The molecule has 1 rings (SSSR count). The number of alkyl halides is 5. The summed E-state index contributed by atoms with van der Waals surface area (Å²) in [6.07, 6.45) is -8.62. The molecule has 0 aliphatic heterocycles. The number of nitrogens with zero attached hydrogens (tertiary/aromatic N) is 1. The standard InChI is InChI=1S/C10H7ClF5NO2/c1-2-19-9(18)5-3-4(11)6(8(12)13)7(17-5)10(14,15)16/h3,8H,2H2,1H3. The third-order valence-electron chi connectivity index (χ3n) is 1.98. The molecule has 0 bridgehead atoms. The molecule has 0 radical (unpaired) electrons. The Morgan fingerprint density at radius 3 is 2.47 bits per heavy atom. The van der Waals surface area contributed by atoms with Gasteiger partial charge in [0.25, 0.3) is 6.43 Å². The van der Waals surface area contributed by atoms with Gasteiger partial charge in [-0.05, 0) is 13.0 Å². The van der Waals surface area contributed by atoms with E-state index in [0.29, 0.717) is 6.07 Å². The zero-order chi connectivity index (χ0) is 14.8. The third-order valence-corrected chi connectivity index (χ3v) is 2.29. The predicted molar refractivity (Wildman–Crippen MR) is 55.2 cm³/mol. The van der Waals surface area contributed by atoms with Crippen LogP contribution < -0.4 is 0 Å². The highest BCUT2D eigenvalue weighted by Gasteiger charge is 2.40. The van der Waals surface area contributed by atoms with Gasteiger partial charge in [-0.3, -0.25) is 0 Å². The van der Waals surface area contributed by atoms with Crippen LogP contribution in [-0.2, 0) is 10.9 Å². The first-order valence-corrected chi connectivity index (χ1v) is 5.29. The van der Waals surface area contributed by atoms with Crippen molar-refractivity contribution in [1.29, 1.82) is 0 Å². The summed E-state index contributed by atoms with van der Waals surface area (Å²) in [5.41, 5.74) is -4.12. The molecule has 0 aliphatic rings. The summed E-state index contributed by atoms with van der Waals surface area (Å²) >= 11 is 5.35. The SMILES string of the molecule is CCOC(=O)c1cc(Cl)c(C(F)F)c(C(F)(F)F)n1. The number of rotatable bonds is 3. The number of hydrogen-bond acceptors (Lipinski definition) is 3. The minimum atomic E-state index is -5.15. The zero-order valence-corrected chi connectivity index (χ0v) is 10.1. The van der Waals surface area contributed by atoms with Crippen LogP contribution in [0.1, 0.15) is 35.1 Å². The fraction of sp³-hybridized carbons (Fsp3) is 0.400. The van der Waals surface area contributed by atoms with E-state index in [1.165, 1.54) is 6.92 Å². The lowest BCUT2D eigenvalue weighted by Crippen LogP contribution is -2.17. The largest absolute Gasteiger partial charge is 0.461 e. The Bertz CT molecular complexity index is 490. The van der Waals surface area contributed by atoms with Crippen molar-refractivity contribution in [2.24, 2.45) is 0 Å². The molecule has 1 aromatic rings. The summed E-state index contributed by atoms with van der Waals surface area (Å²) in [7, 11) is 0. The number of carbonyl (C=O) groups excluding carboxylic acids is 1. The molecular weight excluding hydrogens is 297 g/mol. The van der Waals surface area contributed by atoms with Gasteiger partial charge in [-0.25, -0.2) is 18.6 Å². The number of halogens is 6. The number of aromatic nitrogens is 1. The lowest BCUT2D eigenvalue weighted by Gasteiger charge is -2.14. The van der Waals surface area contributed by atoms with E-state index in [-0.39, 0.29) is 6.61 Å². The molecule has 0 fully saturated rings. The Morgan fingerprint density at radius 1 is 1.47 bits per heavy atom. The molecule has 9 heteroatoms. The molecule has 106 valence electrons. The summed E-state index contributed by atoms with van der Waals surface area (Å²) < 4.78 is 67.4. The average molecular weight is 304 g/mol. The predicted octanol–water partition coefficient (Wildman–Crippen LogP) is 3.87. The maximum Gasteiger partial charge on any atom is 0.433 e. The molecule has 1 aromatic heterocycles. The van der Waals surface area contributed by atoms with E-state index in [1.54, 1.807) is 0 Å². The molecule has 0 aromatic carbocycles. The molecule has 0 unspecified atom stereocenters. The number of carbonyl (C=O) groups is 1. The van der Waals surface area contributed by atoms with Gasteiger partial charge in [-0.2, -0.15) is 13.2 Å². The molecule has 0 aliphatic carbocycles. The molecule has 3 nitrogen and oxygen atoms in total. The molecule has 0 amide bonds. The molecule has 1 heterocycles. The fourth-order valence-electron chi connectivity index (χ4n) is 1.26. The summed E-state index contributed by atoms with van der Waals surface area (Å²) in [4.78, 5) is 14.1. The molecule has 0 saturated carbocycles. The zero-order valence-electron chi connectivity index (χ0n) is 9.39. The summed E-state index contributed by atoms with van der Waals surface area (Å²) in [5, 5.41) is -0.889. The molecule has 0 atom stereocenters. The van der Waals surface area contributed by atoms with Crippen LogP contribution in [-0.4, -0.2) is 17.6 Å². The van der Waals surface area contributed by atoms with E-state index in [1.807, 2.05) is 0 Å². The van der Waals surface area contributed by atoms with Crippen LogP contribution in [0, 0.1) is 0 Å². The van der Waals surface area contributed by atoms with Crippen LogP contribution in [0.3, 0.4) is 0 Å². The van der Waals surface area contributed by atoms with Gasteiger partial charge in [-0.1, -0.05) is 11.6 Å². The van der Waals surface area contributed by atoms with Crippen molar-refractivity contribution in [2.45, 2.75) is 19.5 Å². The number of pyridine rings is 1. The van der Waals surface area contributed by atoms with Crippen molar-refractivity contribution in [3.8, 4) is 0 Å². The van der Waals surface area contributed by atoms with E-state index in [2.05, 4.69) is 9.72 Å². The van der Waals surface area contributed by atoms with Gasteiger partial charge in [0.1, 0.15) is 0 Å². The summed E-state index contributed by atoms with van der Waals surface area (Å²) in [5.74, 6) is -1.17. The highest BCUT2D eigenvalue weighted by molar-refractivity contribution is 6.31. The summed E-state index contributed by atoms with van der Waals surface area (Å²) in [6, 6.07) is 0.621. The fourth-order valence-corrected chi connectivity index (χ4v) is 1.53. The van der Waals surface area contributed by atoms with Gasteiger partial charge in [0.2, 0.25) is 0 Å². The van der Waals surface area contributed by atoms with Crippen molar-refractivity contribution in [3.05, 3.63) is 28.0 Å². The lowest BCUT2D eigenvalue weighted by molar-refractivity contribution is -0.143. The first-order chi connectivity index (χ1) is 8.68. The number of esters is 1. The first kappa shape index (κ1) is 15.6. The van der Waals surface area contributed by atoms with Crippen molar-refractivity contribution in [1.82, 2.24) is 4.98 Å². The first-order valence-electron chi connectivity index (χ1n) is 4.91. The topological polar surface area (TPSA) is 39.2 Å². The van der Waals surface area contributed by atoms with Crippen molar-refractivity contribution in [3.63, 3.8) is 0 Å². The average Bonchev–Trinajstić information content (AvgIpc) is 2.26. The van der Waals surface area contributed by atoms with Crippen molar-refractivity contribution >= 4 is 17.6 Å². The van der Waals surface area contributed by atoms with E-state index in [4.69, 9.17) is 11.6 Å². The molecule has 0 N–H and O–H groups in total. The highest BCUT2D eigenvalue weighted by atomic mass is 35.5. The second-order valence-electron chi connectivity index (χ2n) is 3.27. The minimum absolute atomic E-state index is 0.101. The second-order valence-corrected chi connectivity index (χ2v) is 3.68. The monoisotopic (exact) mass is 303 g/mol. The third kappa shape index (κ3) is 3.52. The van der Waals surface area contributed by atoms with E-state index in [9.17, 15) is 26.7 Å².